The zero-order valence-corrected chi connectivity index (χ0v) is 9.43. The molecule has 0 fully saturated rings. The predicted molar refractivity (Wildman–Crippen MR) is 63.2 cm³/mol. The molecule has 2 aromatic rings. The van der Waals surface area contributed by atoms with E-state index in [-0.39, 0.29) is 22.4 Å². The Bertz CT molecular complexity index is 708. The van der Waals surface area contributed by atoms with Gasteiger partial charge in [0.2, 0.25) is 0 Å². The van der Waals surface area contributed by atoms with Crippen molar-refractivity contribution in [1.29, 1.82) is 5.26 Å². The fourth-order valence-corrected chi connectivity index (χ4v) is 1.73. The maximum Gasteiger partial charge on any atom is 0.270 e. The molecule has 0 amide bonds. The van der Waals surface area contributed by atoms with E-state index in [9.17, 15) is 18.9 Å². The SMILES string of the molecule is N#Cc1cc(F)cc(F)c1-c1cccc([N+](=O)[O-])c1. The van der Waals surface area contributed by atoms with Gasteiger partial charge in [-0.2, -0.15) is 5.26 Å². The van der Waals surface area contributed by atoms with E-state index in [1.807, 2.05) is 0 Å². The molecular weight excluding hydrogens is 254 g/mol. The lowest BCUT2D eigenvalue weighted by Gasteiger charge is -2.06. The summed E-state index contributed by atoms with van der Waals surface area (Å²) in [5, 5.41) is 19.6. The normalized spacial score (nSPS) is 9.95. The van der Waals surface area contributed by atoms with E-state index >= 15 is 0 Å². The van der Waals surface area contributed by atoms with Crippen LogP contribution >= 0.6 is 0 Å². The van der Waals surface area contributed by atoms with E-state index in [4.69, 9.17) is 5.26 Å². The number of nitrogens with zero attached hydrogens (tertiary/aromatic N) is 2. The number of hydrogen-bond donors (Lipinski definition) is 0. The van der Waals surface area contributed by atoms with Crippen LogP contribution in [0.1, 0.15) is 5.56 Å². The molecule has 0 radical (unpaired) electrons. The van der Waals surface area contributed by atoms with E-state index in [0.29, 0.717) is 6.07 Å². The first-order valence-corrected chi connectivity index (χ1v) is 5.17. The number of halogens is 2. The van der Waals surface area contributed by atoms with Gasteiger partial charge < -0.3 is 0 Å². The largest absolute Gasteiger partial charge is 0.270 e. The molecule has 0 N–H and O–H groups in total. The predicted octanol–water partition coefficient (Wildman–Crippen LogP) is 3.41. The average molecular weight is 260 g/mol. The molecule has 0 bridgehead atoms. The minimum Gasteiger partial charge on any atom is -0.258 e. The van der Waals surface area contributed by atoms with Crippen LogP contribution in [0.4, 0.5) is 14.5 Å². The molecule has 2 aromatic carbocycles. The Hall–Kier alpha value is -2.81. The monoisotopic (exact) mass is 260 g/mol. The lowest BCUT2D eigenvalue weighted by atomic mass is 9.99. The Morgan fingerprint density at radius 2 is 1.95 bits per heavy atom. The number of nitro groups is 1. The van der Waals surface area contributed by atoms with E-state index in [2.05, 4.69) is 0 Å². The molecular formula is C13H6F2N2O2. The maximum atomic E-state index is 13.8. The summed E-state index contributed by atoms with van der Waals surface area (Å²) in [7, 11) is 0. The number of hydrogen-bond acceptors (Lipinski definition) is 3. The van der Waals surface area contributed by atoms with Gasteiger partial charge in [-0.25, -0.2) is 8.78 Å². The molecule has 6 heteroatoms. The highest BCUT2D eigenvalue weighted by Crippen LogP contribution is 2.29. The van der Waals surface area contributed by atoms with Crippen LogP contribution in [-0.4, -0.2) is 4.92 Å². The molecule has 0 heterocycles. The van der Waals surface area contributed by atoms with Crippen molar-refractivity contribution in [3.63, 3.8) is 0 Å². The minimum atomic E-state index is -0.933. The van der Waals surface area contributed by atoms with Crippen LogP contribution < -0.4 is 0 Å². The number of non-ortho nitro benzene ring substituents is 1. The minimum absolute atomic E-state index is 0.146. The van der Waals surface area contributed by atoms with Crippen molar-refractivity contribution in [2.45, 2.75) is 0 Å². The lowest BCUT2D eigenvalue weighted by molar-refractivity contribution is -0.384. The van der Waals surface area contributed by atoms with Crippen LogP contribution in [0.25, 0.3) is 11.1 Å². The fraction of sp³-hybridized carbons (Fsp3) is 0. The van der Waals surface area contributed by atoms with E-state index in [1.54, 1.807) is 6.07 Å². The number of rotatable bonds is 2. The molecule has 0 atom stereocenters. The van der Waals surface area contributed by atoms with Gasteiger partial charge in [0, 0.05) is 23.8 Å². The van der Waals surface area contributed by atoms with Crippen molar-refractivity contribution >= 4 is 5.69 Å². The molecule has 0 aliphatic rings. The second-order valence-electron chi connectivity index (χ2n) is 3.73. The van der Waals surface area contributed by atoms with E-state index < -0.39 is 16.6 Å². The van der Waals surface area contributed by atoms with Crippen molar-refractivity contribution in [3.8, 4) is 17.2 Å². The van der Waals surface area contributed by atoms with Crippen LogP contribution in [0, 0.1) is 33.1 Å². The van der Waals surface area contributed by atoms with Crippen molar-refractivity contribution in [1.82, 2.24) is 0 Å². The quantitative estimate of drug-likeness (QED) is 0.613. The van der Waals surface area contributed by atoms with Gasteiger partial charge in [-0.15, -0.1) is 0 Å². The smallest absolute Gasteiger partial charge is 0.258 e. The van der Waals surface area contributed by atoms with Crippen molar-refractivity contribution in [3.05, 3.63) is 63.7 Å². The summed E-state index contributed by atoms with van der Waals surface area (Å²) in [6.07, 6.45) is 0. The molecule has 0 saturated heterocycles. The Morgan fingerprint density at radius 3 is 2.58 bits per heavy atom. The maximum absolute atomic E-state index is 13.8. The standard InChI is InChI=1S/C13H6F2N2O2/c14-10-4-9(7-16)13(12(15)6-10)8-2-1-3-11(5-8)17(18)19/h1-6H. The third-order valence-corrected chi connectivity index (χ3v) is 2.52. The topological polar surface area (TPSA) is 66.9 Å². The Morgan fingerprint density at radius 1 is 1.21 bits per heavy atom. The third kappa shape index (κ3) is 2.40. The molecule has 0 aromatic heterocycles. The van der Waals surface area contributed by atoms with E-state index in [0.717, 1.165) is 12.1 Å². The van der Waals surface area contributed by atoms with Gasteiger partial charge in [-0.1, -0.05) is 12.1 Å². The molecule has 0 aliphatic heterocycles. The summed E-state index contributed by atoms with van der Waals surface area (Å²) in [6.45, 7) is 0. The molecule has 2 rings (SSSR count). The highest BCUT2D eigenvalue weighted by atomic mass is 19.1. The van der Waals surface area contributed by atoms with Crippen molar-refractivity contribution in [2.75, 3.05) is 0 Å². The highest BCUT2D eigenvalue weighted by Gasteiger charge is 2.15. The molecule has 0 unspecified atom stereocenters. The van der Waals surface area contributed by atoms with Crippen LogP contribution in [0.3, 0.4) is 0 Å². The first-order valence-electron chi connectivity index (χ1n) is 5.17. The van der Waals surface area contributed by atoms with Gasteiger partial charge in [0.25, 0.3) is 5.69 Å². The molecule has 0 spiro atoms. The highest BCUT2D eigenvalue weighted by molar-refractivity contribution is 5.72. The summed E-state index contributed by atoms with van der Waals surface area (Å²) >= 11 is 0. The molecule has 4 nitrogen and oxygen atoms in total. The number of nitro benzene ring substituents is 1. The summed E-state index contributed by atoms with van der Waals surface area (Å²) in [4.78, 5) is 10.0. The summed E-state index contributed by atoms with van der Waals surface area (Å²) in [5.41, 5.74) is -0.432. The van der Waals surface area contributed by atoms with Gasteiger partial charge >= 0.3 is 0 Å². The molecule has 0 aliphatic carbocycles. The van der Waals surface area contributed by atoms with Gasteiger partial charge in [-0.3, -0.25) is 10.1 Å². The first kappa shape index (κ1) is 12.6. The van der Waals surface area contributed by atoms with Crippen LogP contribution in [-0.2, 0) is 0 Å². The number of nitriles is 1. The Labute approximate surface area is 106 Å². The zero-order chi connectivity index (χ0) is 14.0. The second kappa shape index (κ2) is 4.82. The zero-order valence-electron chi connectivity index (χ0n) is 9.43. The Balaban J connectivity index is 2.69. The van der Waals surface area contributed by atoms with Crippen LogP contribution in [0.15, 0.2) is 36.4 Å². The second-order valence-corrected chi connectivity index (χ2v) is 3.73. The molecule has 94 valence electrons. The average Bonchev–Trinajstić information content (AvgIpc) is 2.37. The van der Waals surface area contributed by atoms with E-state index in [1.165, 1.54) is 18.2 Å². The molecule has 19 heavy (non-hydrogen) atoms. The summed E-state index contributed by atoms with van der Waals surface area (Å²) < 4.78 is 26.8. The van der Waals surface area contributed by atoms with Crippen molar-refractivity contribution < 1.29 is 13.7 Å². The lowest BCUT2D eigenvalue weighted by Crippen LogP contribution is -1.94. The summed E-state index contributed by atoms with van der Waals surface area (Å²) in [6, 6.07) is 8.37. The van der Waals surface area contributed by atoms with Gasteiger partial charge in [0.15, 0.2) is 0 Å². The van der Waals surface area contributed by atoms with Gasteiger partial charge in [-0.05, 0) is 11.6 Å². The molecule has 0 saturated carbocycles. The van der Waals surface area contributed by atoms with Gasteiger partial charge in [0.05, 0.1) is 16.6 Å². The van der Waals surface area contributed by atoms with Crippen LogP contribution in [0.5, 0.6) is 0 Å². The van der Waals surface area contributed by atoms with Crippen LogP contribution in [0.2, 0.25) is 0 Å². The number of benzene rings is 2. The van der Waals surface area contributed by atoms with Crippen molar-refractivity contribution in [2.24, 2.45) is 0 Å². The fourth-order valence-electron chi connectivity index (χ4n) is 1.73. The van der Waals surface area contributed by atoms with Gasteiger partial charge in [0.1, 0.15) is 11.6 Å². The third-order valence-electron chi connectivity index (χ3n) is 2.52. The Kier molecular flexibility index (Phi) is 3.21. The first-order chi connectivity index (χ1) is 9.02. The summed E-state index contributed by atoms with van der Waals surface area (Å²) in [5.74, 6) is -1.81.